The van der Waals surface area contributed by atoms with Crippen LogP contribution in [0.5, 0.6) is 0 Å². The molecule has 0 radical (unpaired) electrons. The van der Waals surface area contributed by atoms with E-state index in [9.17, 15) is 34.2 Å². The Kier molecular flexibility index (Phi) is 7.23. The van der Waals surface area contributed by atoms with E-state index < -0.39 is 45.3 Å². The number of thioether (sulfide) groups is 2. The Morgan fingerprint density at radius 1 is 1.38 bits per heavy atom. The van der Waals surface area contributed by atoms with Gasteiger partial charge in [-0.05, 0) is 0 Å². The maximum absolute atomic E-state index is 12.8. The topological polar surface area (TPSA) is 230 Å². The first kappa shape index (κ1) is 26.2. The van der Waals surface area contributed by atoms with Crippen LogP contribution in [0.25, 0.3) is 0 Å². The number of aliphatic carboxylic acids is 1. The van der Waals surface area contributed by atoms with Crippen molar-refractivity contribution < 1.29 is 34.2 Å². The molecule has 2 atom stereocenters. The first-order valence-corrected chi connectivity index (χ1v) is 12.8. The summed E-state index contributed by atoms with van der Waals surface area (Å²) in [6, 6.07) is 0.797. The minimum absolute atomic E-state index is 0.0147. The first-order valence-electron chi connectivity index (χ1n) is 10.1. The van der Waals surface area contributed by atoms with Crippen LogP contribution >= 0.6 is 34.9 Å². The van der Waals surface area contributed by atoms with Crippen LogP contribution in [0.1, 0.15) is 22.6 Å². The molecule has 194 valence electrons. The number of aromatic nitrogens is 3. The number of nitrogens with one attached hydrogen (secondary N) is 2. The van der Waals surface area contributed by atoms with Gasteiger partial charge in [-0.1, -0.05) is 28.7 Å². The minimum atomic E-state index is -1.63. The van der Waals surface area contributed by atoms with Crippen molar-refractivity contribution in [3.8, 4) is 0 Å². The van der Waals surface area contributed by atoms with E-state index in [1.807, 2.05) is 0 Å². The number of rotatable bonds is 9. The van der Waals surface area contributed by atoms with Crippen molar-refractivity contribution in [1.82, 2.24) is 25.2 Å². The molecule has 15 nitrogen and oxygen atoms in total. The normalized spacial score (nSPS) is 20.9. The fraction of sp³-hybridized carbons (Fsp3) is 0.263. The highest BCUT2D eigenvalue weighted by atomic mass is 32.2. The quantitative estimate of drug-likeness (QED) is 0.0873. The predicted molar refractivity (Wildman–Crippen MR) is 132 cm³/mol. The van der Waals surface area contributed by atoms with Gasteiger partial charge in [-0.25, -0.2) is 19.6 Å². The van der Waals surface area contributed by atoms with Gasteiger partial charge in [-0.15, -0.1) is 11.3 Å². The number of nitrogens with two attached hydrogens (primary N) is 1. The zero-order valence-electron chi connectivity index (χ0n) is 18.7. The van der Waals surface area contributed by atoms with E-state index in [1.165, 1.54) is 7.11 Å². The van der Waals surface area contributed by atoms with Gasteiger partial charge in [0.1, 0.15) is 19.0 Å². The van der Waals surface area contributed by atoms with Crippen molar-refractivity contribution in [2.24, 2.45) is 5.16 Å². The average molecular weight is 568 g/mol. The summed E-state index contributed by atoms with van der Waals surface area (Å²) in [5.74, 6) is -4.32. The van der Waals surface area contributed by atoms with Gasteiger partial charge < -0.3 is 31.1 Å². The summed E-state index contributed by atoms with van der Waals surface area (Å²) in [6.07, 6.45) is 0.859. The predicted octanol–water partition coefficient (Wildman–Crippen LogP) is -0.156. The van der Waals surface area contributed by atoms with Gasteiger partial charge in [0.25, 0.3) is 11.5 Å². The van der Waals surface area contributed by atoms with Gasteiger partial charge in [-0.2, -0.15) is 0 Å². The van der Waals surface area contributed by atoms with E-state index in [0.717, 1.165) is 52.0 Å². The lowest BCUT2D eigenvalue weighted by atomic mass is 9.98. The molecule has 2 aromatic rings. The van der Waals surface area contributed by atoms with Gasteiger partial charge in [0, 0.05) is 22.8 Å². The maximum Gasteiger partial charge on any atom is 0.354 e. The Labute approximate surface area is 219 Å². The Balaban J connectivity index is 1.87. The van der Waals surface area contributed by atoms with Crippen molar-refractivity contribution in [3.05, 3.63) is 44.5 Å². The SMILES string of the molecule is CON=CC(=O)NC1(c2csc(N)n2)S[C@H]2CC(=O)N2C(C(=O)O)=C1CSc1nc(C(=O)O)cc(=O)[nH]1. The Morgan fingerprint density at radius 3 is 2.73 bits per heavy atom. The molecule has 18 heteroatoms. The maximum atomic E-state index is 12.8. The fourth-order valence-electron chi connectivity index (χ4n) is 3.63. The number of nitrogens with zero attached hydrogens (tertiary/aromatic N) is 4. The number of amides is 2. The molecule has 1 fully saturated rings. The number of anilines is 1. The van der Waals surface area contributed by atoms with Crippen molar-refractivity contribution in [2.75, 3.05) is 18.6 Å². The lowest BCUT2D eigenvalue weighted by Gasteiger charge is -2.51. The molecule has 0 aromatic carbocycles. The molecule has 0 spiro atoms. The number of thiazole rings is 1. The third kappa shape index (κ3) is 5.02. The van der Waals surface area contributed by atoms with Gasteiger partial charge in [0.05, 0.1) is 17.5 Å². The molecule has 37 heavy (non-hydrogen) atoms. The van der Waals surface area contributed by atoms with Crippen molar-refractivity contribution in [3.63, 3.8) is 0 Å². The van der Waals surface area contributed by atoms with Gasteiger partial charge in [-0.3, -0.25) is 19.3 Å². The second-order valence-corrected chi connectivity index (χ2v) is 10.6. The summed E-state index contributed by atoms with van der Waals surface area (Å²) in [7, 11) is 1.23. The molecule has 6 N–H and O–H groups in total. The number of oxime groups is 1. The molecule has 2 amide bonds. The molecule has 1 saturated heterocycles. The fourth-order valence-corrected chi connectivity index (χ4v) is 7.04. The van der Waals surface area contributed by atoms with E-state index >= 15 is 0 Å². The largest absolute Gasteiger partial charge is 0.477 e. The van der Waals surface area contributed by atoms with Crippen LogP contribution < -0.4 is 16.6 Å². The number of H-pyrrole nitrogens is 1. The van der Waals surface area contributed by atoms with E-state index in [1.54, 1.807) is 5.38 Å². The zero-order chi connectivity index (χ0) is 26.9. The van der Waals surface area contributed by atoms with E-state index in [0.29, 0.717) is 0 Å². The highest BCUT2D eigenvalue weighted by Crippen LogP contribution is 2.54. The van der Waals surface area contributed by atoms with Crippen molar-refractivity contribution in [2.45, 2.75) is 21.8 Å². The van der Waals surface area contributed by atoms with Crippen LogP contribution in [0.3, 0.4) is 0 Å². The number of β-lactam (4-membered cyclic amide) rings is 1. The smallest absolute Gasteiger partial charge is 0.354 e. The Bertz CT molecular complexity index is 1420. The van der Waals surface area contributed by atoms with Crippen LogP contribution in [-0.4, -0.2) is 78.3 Å². The third-order valence-corrected chi connectivity index (χ3v) is 8.26. The zero-order valence-corrected chi connectivity index (χ0v) is 21.1. The summed E-state index contributed by atoms with van der Waals surface area (Å²) in [5.41, 5.74) is 4.43. The average Bonchev–Trinajstić information content (AvgIpc) is 3.27. The van der Waals surface area contributed by atoms with Crippen molar-refractivity contribution >= 4 is 70.0 Å². The molecule has 2 aliphatic rings. The number of fused-ring (bicyclic) bond motifs is 1. The summed E-state index contributed by atoms with van der Waals surface area (Å²) in [4.78, 5) is 75.5. The lowest BCUT2D eigenvalue weighted by Crippen LogP contribution is -2.61. The van der Waals surface area contributed by atoms with Crippen LogP contribution in [0, 0.1) is 0 Å². The monoisotopic (exact) mass is 567 g/mol. The molecule has 0 aliphatic carbocycles. The third-order valence-electron chi connectivity index (χ3n) is 5.12. The Morgan fingerprint density at radius 2 is 2.14 bits per heavy atom. The van der Waals surface area contributed by atoms with E-state index in [4.69, 9.17) is 5.73 Å². The van der Waals surface area contributed by atoms with Gasteiger partial charge >= 0.3 is 11.9 Å². The number of aromatic carboxylic acids is 1. The minimum Gasteiger partial charge on any atom is -0.477 e. The molecule has 1 unspecified atom stereocenters. The standard InChI is InChI=1S/C19H17N7O8S3/c1-34-21-4-11(28)25-19(9-6-35-17(20)23-9)7(14(16(32)33)26-12(29)3-13(26)37-19)5-36-18-22-8(15(30)31)2-10(27)24-18/h2,4,6,13H,3,5H2,1H3,(H2,20,23)(H,25,28)(H,30,31)(H,32,33)(H,22,24,27)/t13-,19?/m0/s1. The number of carbonyl (C=O) groups excluding carboxylic acids is 2. The molecule has 0 bridgehead atoms. The number of carbonyl (C=O) groups is 4. The number of carboxylic acids is 2. The number of aromatic amines is 1. The first-order chi connectivity index (χ1) is 17.6. The summed E-state index contributed by atoms with van der Waals surface area (Å²) >= 11 is 2.93. The molecular weight excluding hydrogens is 550 g/mol. The van der Waals surface area contributed by atoms with Crippen molar-refractivity contribution in [1.29, 1.82) is 0 Å². The second-order valence-electron chi connectivity index (χ2n) is 7.36. The molecule has 4 heterocycles. The van der Waals surface area contributed by atoms with Crippen LogP contribution in [0.2, 0.25) is 0 Å². The molecule has 2 aliphatic heterocycles. The number of hydrogen-bond acceptors (Lipinski definition) is 13. The number of nitrogen functional groups attached to an aromatic ring is 1. The summed E-state index contributed by atoms with van der Waals surface area (Å²) < 4.78 is 0. The molecular formula is C19H17N7O8S3. The van der Waals surface area contributed by atoms with Crippen LogP contribution in [-0.2, 0) is 24.1 Å². The Hall–Kier alpha value is -3.90. The lowest BCUT2D eigenvalue weighted by molar-refractivity contribution is -0.146. The van der Waals surface area contributed by atoms with Crippen LogP contribution in [0.4, 0.5) is 5.13 Å². The highest BCUT2D eigenvalue weighted by Gasteiger charge is 2.56. The van der Waals surface area contributed by atoms with Crippen LogP contribution in [0.15, 0.2) is 37.8 Å². The highest BCUT2D eigenvalue weighted by molar-refractivity contribution is 8.01. The summed E-state index contributed by atoms with van der Waals surface area (Å²) in [5, 5.41) is 26.5. The summed E-state index contributed by atoms with van der Waals surface area (Å²) in [6.45, 7) is 0. The molecule has 0 saturated carbocycles. The number of hydrogen-bond donors (Lipinski definition) is 5. The second kappa shape index (κ2) is 10.2. The van der Waals surface area contributed by atoms with Gasteiger partial charge in [0.2, 0.25) is 5.91 Å². The van der Waals surface area contributed by atoms with Gasteiger partial charge in [0.15, 0.2) is 20.9 Å². The number of carboxylic acid groups (broad SMARTS) is 2. The van der Waals surface area contributed by atoms with E-state index in [-0.39, 0.29) is 39.4 Å². The molecule has 2 aromatic heterocycles. The molecule has 4 rings (SSSR count). The van der Waals surface area contributed by atoms with E-state index in [2.05, 4.69) is 30.3 Å².